The lowest BCUT2D eigenvalue weighted by molar-refractivity contribution is 0.315. The molecule has 0 aliphatic carbocycles. The minimum Gasteiger partial charge on any atom is -0.324 e. The SMILES string of the molecule is CCC(C(P(=O)(O)O)P(=O)(O)O)P(=O)(O)O. The van der Waals surface area contributed by atoms with Crippen molar-refractivity contribution in [2.45, 2.75) is 24.4 Å². The van der Waals surface area contributed by atoms with Gasteiger partial charge in [-0.05, 0) is 6.42 Å². The molecule has 0 bridgehead atoms. The highest BCUT2D eigenvalue weighted by Crippen LogP contribution is 2.67. The van der Waals surface area contributed by atoms with Crippen molar-refractivity contribution < 1.29 is 43.1 Å². The Morgan fingerprint density at radius 2 is 1.12 bits per heavy atom. The van der Waals surface area contributed by atoms with Crippen LogP contribution in [0.3, 0.4) is 0 Å². The van der Waals surface area contributed by atoms with Crippen molar-refractivity contribution in [1.82, 2.24) is 0 Å². The first-order chi connectivity index (χ1) is 6.81. The fourth-order valence-electron chi connectivity index (χ4n) is 1.27. The predicted octanol–water partition coefficient (Wildman–Crippen LogP) is -0.376. The van der Waals surface area contributed by atoms with Gasteiger partial charge in [0.05, 0.1) is 5.66 Å². The van der Waals surface area contributed by atoms with Crippen LogP contribution in [0.1, 0.15) is 13.3 Å². The fraction of sp³-hybridized carbons (Fsp3) is 1.00. The third-order valence-electron chi connectivity index (χ3n) is 1.88. The molecule has 12 heteroatoms. The molecule has 0 aliphatic heterocycles. The fourth-order valence-corrected chi connectivity index (χ4v) is 7.06. The minimum absolute atomic E-state index is 0.467. The summed E-state index contributed by atoms with van der Waals surface area (Å²) in [6.07, 6.45) is -0.467. The Morgan fingerprint density at radius 3 is 1.19 bits per heavy atom. The summed E-state index contributed by atoms with van der Waals surface area (Å²) in [7, 11) is -15.7. The molecule has 0 saturated heterocycles. The molecule has 9 nitrogen and oxygen atoms in total. The Balaban J connectivity index is 5.63. The van der Waals surface area contributed by atoms with Gasteiger partial charge in [-0.1, -0.05) is 6.92 Å². The Labute approximate surface area is 91.0 Å². The summed E-state index contributed by atoms with van der Waals surface area (Å²) >= 11 is 0. The average molecular weight is 298 g/mol. The van der Waals surface area contributed by atoms with Crippen LogP contribution < -0.4 is 0 Å². The Hall–Kier alpha value is 0.450. The molecule has 0 aromatic rings. The molecule has 0 aliphatic rings. The zero-order valence-corrected chi connectivity index (χ0v) is 10.8. The van der Waals surface area contributed by atoms with Crippen molar-refractivity contribution in [3.05, 3.63) is 0 Å². The zero-order valence-electron chi connectivity index (χ0n) is 8.11. The topological polar surface area (TPSA) is 173 Å². The molecule has 0 spiro atoms. The van der Waals surface area contributed by atoms with Crippen molar-refractivity contribution in [1.29, 1.82) is 0 Å². The van der Waals surface area contributed by atoms with Crippen LogP contribution in [-0.4, -0.2) is 40.4 Å². The van der Waals surface area contributed by atoms with E-state index in [1.165, 1.54) is 6.92 Å². The van der Waals surface area contributed by atoms with Gasteiger partial charge in [0.2, 0.25) is 0 Å². The molecule has 6 N–H and O–H groups in total. The van der Waals surface area contributed by atoms with E-state index in [0.717, 1.165) is 0 Å². The molecule has 0 fully saturated rings. The summed E-state index contributed by atoms with van der Waals surface area (Å²) in [4.78, 5) is 52.6. The first-order valence-electron chi connectivity index (χ1n) is 3.97. The number of rotatable bonds is 5. The monoisotopic (exact) mass is 298 g/mol. The highest BCUT2D eigenvalue weighted by atomic mass is 31.2. The maximum Gasteiger partial charge on any atom is 0.341 e. The Bertz CT molecular complexity index is 350. The maximum atomic E-state index is 10.9. The first-order valence-corrected chi connectivity index (χ1v) is 9.02. The van der Waals surface area contributed by atoms with E-state index in [0.29, 0.717) is 0 Å². The highest BCUT2D eigenvalue weighted by Gasteiger charge is 2.53. The van der Waals surface area contributed by atoms with Gasteiger partial charge >= 0.3 is 22.8 Å². The van der Waals surface area contributed by atoms with Gasteiger partial charge in [-0.15, -0.1) is 0 Å². The van der Waals surface area contributed by atoms with E-state index in [2.05, 4.69) is 0 Å². The lowest BCUT2D eigenvalue weighted by Gasteiger charge is -2.27. The molecule has 16 heavy (non-hydrogen) atoms. The summed E-state index contributed by atoms with van der Waals surface area (Å²) < 4.78 is 32.7. The van der Waals surface area contributed by atoms with Gasteiger partial charge in [-0.3, -0.25) is 13.7 Å². The van der Waals surface area contributed by atoms with Gasteiger partial charge in [0.15, 0.2) is 5.40 Å². The smallest absolute Gasteiger partial charge is 0.324 e. The van der Waals surface area contributed by atoms with Crippen molar-refractivity contribution in [2.24, 2.45) is 0 Å². The van der Waals surface area contributed by atoms with Crippen molar-refractivity contribution in [2.75, 3.05) is 0 Å². The summed E-state index contributed by atoms with van der Waals surface area (Å²) in [5, 5.41) is -2.68. The molecule has 0 saturated carbocycles. The lowest BCUT2D eigenvalue weighted by atomic mass is 10.4. The molecule has 0 heterocycles. The quantitative estimate of drug-likeness (QED) is 0.370. The van der Waals surface area contributed by atoms with Crippen LogP contribution in [0.15, 0.2) is 0 Å². The third kappa shape index (κ3) is 4.37. The van der Waals surface area contributed by atoms with Crippen molar-refractivity contribution in [3.63, 3.8) is 0 Å². The van der Waals surface area contributed by atoms with E-state index in [1.807, 2.05) is 0 Å². The van der Waals surface area contributed by atoms with Gasteiger partial charge in [0, 0.05) is 0 Å². The summed E-state index contributed by atoms with van der Waals surface area (Å²) in [6.45, 7) is 1.17. The Morgan fingerprint density at radius 1 is 0.812 bits per heavy atom. The molecule has 0 radical (unpaired) electrons. The van der Waals surface area contributed by atoms with Crippen LogP contribution in [-0.2, 0) is 13.7 Å². The molecule has 0 amide bonds. The molecular formula is C4H13O9P3. The van der Waals surface area contributed by atoms with E-state index in [4.69, 9.17) is 29.4 Å². The zero-order chi connectivity index (χ0) is 13.4. The van der Waals surface area contributed by atoms with Gasteiger partial charge < -0.3 is 29.4 Å². The predicted molar refractivity (Wildman–Crippen MR) is 54.0 cm³/mol. The molecule has 1 unspecified atom stereocenters. The van der Waals surface area contributed by atoms with E-state index >= 15 is 0 Å². The van der Waals surface area contributed by atoms with Crippen LogP contribution in [0.2, 0.25) is 0 Å². The minimum atomic E-state index is -5.32. The van der Waals surface area contributed by atoms with E-state index < -0.39 is 40.3 Å². The van der Waals surface area contributed by atoms with Crippen LogP contribution >= 0.6 is 22.8 Å². The van der Waals surface area contributed by atoms with Crippen LogP contribution in [0, 0.1) is 0 Å². The summed E-state index contributed by atoms with van der Waals surface area (Å²) in [5.41, 5.74) is -2.07. The normalized spacial score (nSPS) is 16.5. The highest BCUT2D eigenvalue weighted by molar-refractivity contribution is 7.72. The molecule has 98 valence electrons. The van der Waals surface area contributed by atoms with Gasteiger partial charge in [-0.25, -0.2) is 0 Å². The van der Waals surface area contributed by atoms with E-state index in [-0.39, 0.29) is 0 Å². The summed E-state index contributed by atoms with van der Waals surface area (Å²) in [5.74, 6) is 0. The Kier molecular flexibility index (Phi) is 5.12. The van der Waals surface area contributed by atoms with Crippen molar-refractivity contribution >= 4 is 22.8 Å². The average Bonchev–Trinajstić information content (AvgIpc) is 1.91. The molecule has 0 rings (SSSR count). The second-order valence-electron chi connectivity index (χ2n) is 3.16. The third-order valence-corrected chi connectivity index (χ3v) is 7.78. The molecule has 1 atom stereocenters. The molecule has 0 aromatic carbocycles. The number of hydrogen-bond acceptors (Lipinski definition) is 3. The van der Waals surface area contributed by atoms with Crippen LogP contribution in [0.25, 0.3) is 0 Å². The van der Waals surface area contributed by atoms with Crippen LogP contribution in [0.5, 0.6) is 0 Å². The van der Waals surface area contributed by atoms with Gasteiger partial charge in [0.1, 0.15) is 0 Å². The maximum absolute atomic E-state index is 10.9. The molecule has 0 aromatic heterocycles. The van der Waals surface area contributed by atoms with Crippen LogP contribution in [0.4, 0.5) is 0 Å². The van der Waals surface area contributed by atoms with E-state index in [9.17, 15) is 13.7 Å². The summed E-state index contributed by atoms with van der Waals surface area (Å²) in [6, 6.07) is 0. The van der Waals surface area contributed by atoms with Gasteiger partial charge in [0.25, 0.3) is 0 Å². The standard InChI is InChI=1S/C4H13O9P3/c1-2-3(14(5,6)7)4(15(8,9)10)16(11,12)13/h3-4H,2H2,1H3,(H2,5,6,7)(H2,8,9,10)(H2,11,12,13). The lowest BCUT2D eigenvalue weighted by Crippen LogP contribution is -2.26. The number of hydrogen-bond donors (Lipinski definition) is 6. The largest absolute Gasteiger partial charge is 0.341 e. The van der Waals surface area contributed by atoms with Crippen molar-refractivity contribution in [3.8, 4) is 0 Å². The first kappa shape index (κ1) is 16.4. The second kappa shape index (κ2) is 4.98. The molecular weight excluding hydrogens is 285 g/mol. The van der Waals surface area contributed by atoms with E-state index in [1.54, 1.807) is 0 Å². The second-order valence-corrected chi connectivity index (χ2v) is 8.87. The van der Waals surface area contributed by atoms with Gasteiger partial charge in [-0.2, -0.15) is 0 Å².